The van der Waals surface area contributed by atoms with Crippen LogP contribution in [0.2, 0.25) is 0 Å². The van der Waals surface area contributed by atoms with Crippen LogP contribution in [0, 0.1) is 5.82 Å². The summed E-state index contributed by atoms with van der Waals surface area (Å²) >= 11 is 0. The van der Waals surface area contributed by atoms with Gasteiger partial charge in [0.15, 0.2) is 0 Å². The summed E-state index contributed by atoms with van der Waals surface area (Å²) < 4.78 is 39.0. The Kier molecular flexibility index (Phi) is 4.36. The van der Waals surface area contributed by atoms with E-state index in [9.17, 15) is 17.6 Å². The maximum absolute atomic E-state index is 12.7. The standard InChI is InChI=1S/C11H13FO4S/c1-8(13)11(7-16-17(2,14)15)9-3-5-10(12)6-4-9/h3-6,11H,7H2,1-2H3. The number of rotatable bonds is 5. The summed E-state index contributed by atoms with van der Waals surface area (Å²) in [6, 6.07) is 5.30. The Hall–Kier alpha value is -1.27. The Labute approximate surface area is 99.5 Å². The van der Waals surface area contributed by atoms with Crippen LogP contribution < -0.4 is 0 Å². The van der Waals surface area contributed by atoms with Gasteiger partial charge in [0.25, 0.3) is 10.1 Å². The fraction of sp³-hybridized carbons (Fsp3) is 0.364. The number of carbonyl (C=O) groups excluding carboxylic acids is 1. The lowest BCUT2D eigenvalue weighted by Crippen LogP contribution is -2.18. The summed E-state index contributed by atoms with van der Waals surface area (Å²) in [5.74, 6) is -1.36. The average Bonchev–Trinajstić information content (AvgIpc) is 2.18. The molecule has 0 aromatic heterocycles. The molecule has 0 radical (unpaired) electrons. The van der Waals surface area contributed by atoms with E-state index >= 15 is 0 Å². The first-order valence-corrected chi connectivity index (χ1v) is 6.71. The zero-order valence-corrected chi connectivity index (χ0v) is 10.3. The van der Waals surface area contributed by atoms with Crippen LogP contribution in [-0.2, 0) is 19.1 Å². The molecule has 1 rings (SSSR count). The van der Waals surface area contributed by atoms with Gasteiger partial charge >= 0.3 is 0 Å². The lowest BCUT2D eigenvalue weighted by atomic mass is 9.96. The summed E-state index contributed by atoms with van der Waals surface area (Å²) in [5.41, 5.74) is 0.530. The zero-order chi connectivity index (χ0) is 13.1. The van der Waals surface area contributed by atoms with Crippen LogP contribution in [0.25, 0.3) is 0 Å². The van der Waals surface area contributed by atoms with Crippen molar-refractivity contribution < 1.29 is 21.8 Å². The molecule has 4 nitrogen and oxygen atoms in total. The Bertz CT molecular complexity index is 493. The molecule has 0 spiro atoms. The average molecular weight is 260 g/mol. The Morgan fingerprint density at radius 2 is 1.88 bits per heavy atom. The zero-order valence-electron chi connectivity index (χ0n) is 9.51. The van der Waals surface area contributed by atoms with Crippen LogP contribution in [0.4, 0.5) is 4.39 Å². The van der Waals surface area contributed by atoms with Crippen molar-refractivity contribution in [2.24, 2.45) is 0 Å². The summed E-state index contributed by atoms with van der Waals surface area (Å²) in [6.45, 7) is 1.07. The topological polar surface area (TPSA) is 60.4 Å². The third-order valence-electron chi connectivity index (χ3n) is 2.21. The molecule has 1 aromatic carbocycles. The van der Waals surface area contributed by atoms with Crippen molar-refractivity contribution >= 4 is 15.9 Å². The molecule has 0 N–H and O–H groups in total. The van der Waals surface area contributed by atoms with Crippen molar-refractivity contribution in [1.82, 2.24) is 0 Å². The Morgan fingerprint density at radius 1 is 1.35 bits per heavy atom. The third-order valence-corrected chi connectivity index (χ3v) is 2.78. The fourth-order valence-corrected chi connectivity index (χ4v) is 1.72. The van der Waals surface area contributed by atoms with Gasteiger partial charge < -0.3 is 0 Å². The van der Waals surface area contributed by atoms with Gasteiger partial charge in [-0.2, -0.15) is 8.42 Å². The lowest BCUT2D eigenvalue weighted by Gasteiger charge is -2.13. The molecule has 0 amide bonds. The molecule has 0 aliphatic heterocycles. The molecule has 0 saturated carbocycles. The van der Waals surface area contributed by atoms with Gasteiger partial charge in [0.1, 0.15) is 11.6 Å². The molecule has 0 aliphatic rings. The predicted molar refractivity (Wildman–Crippen MR) is 60.6 cm³/mol. The van der Waals surface area contributed by atoms with E-state index < -0.39 is 21.9 Å². The van der Waals surface area contributed by atoms with Crippen LogP contribution in [0.5, 0.6) is 0 Å². The molecule has 1 atom stereocenters. The van der Waals surface area contributed by atoms with Crippen LogP contribution in [-0.4, -0.2) is 27.1 Å². The highest BCUT2D eigenvalue weighted by atomic mass is 32.2. The number of ketones is 1. The van der Waals surface area contributed by atoms with Gasteiger partial charge in [0.2, 0.25) is 0 Å². The first-order valence-electron chi connectivity index (χ1n) is 4.90. The van der Waals surface area contributed by atoms with E-state index in [0.29, 0.717) is 5.56 Å². The van der Waals surface area contributed by atoms with Crippen molar-refractivity contribution in [2.75, 3.05) is 12.9 Å². The Balaban J connectivity index is 2.87. The maximum Gasteiger partial charge on any atom is 0.264 e. The van der Waals surface area contributed by atoms with Gasteiger partial charge in [-0.15, -0.1) is 0 Å². The monoisotopic (exact) mass is 260 g/mol. The molecule has 1 aromatic rings. The number of hydrogen-bond acceptors (Lipinski definition) is 4. The molecular weight excluding hydrogens is 247 g/mol. The highest BCUT2D eigenvalue weighted by molar-refractivity contribution is 7.85. The van der Waals surface area contributed by atoms with E-state index in [-0.39, 0.29) is 12.4 Å². The van der Waals surface area contributed by atoms with Crippen LogP contribution in [0.3, 0.4) is 0 Å². The van der Waals surface area contributed by atoms with Gasteiger partial charge in [-0.05, 0) is 24.6 Å². The first kappa shape index (κ1) is 13.8. The molecule has 0 aliphatic carbocycles. The minimum Gasteiger partial charge on any atom is -0.299 e. The van der Waals surface area contributed by atoms with E-state index in [1.807, 2.05) is 0 Å². The highest BCUT2D eigenvalue weighted by Gasteiger charge is 2.19. The number of carbonyl (C=O) groups is 1. The second-order valence-electron chi connectivity index (χ2n) is 3.70. The third kappa shape index (κ3) is 4.62. The summed E-state index contributed by atoms with van der Waals surface area (Å²) in [7, 11) is -3.60. The molecule has 0 bridgehead atoms. The second-order valence-corrected chi connectivity index (χ2v) is 5.35. The van der Waals surface area contributed by atoms with Crippen LogP contribution >= 0.6 is 0 Å². The van der Waals surface area contributed by atoms with E-state index in [1.165, 1.54) is 31.2 Å². The van der Waals surface area contributed by atoms with Crippen molar-refractivity contribution in [2.45, 2.75) is 12.8 Å². The van der Waals surface area contributed by atoms with E-state index in [0.717, 1.165) is 6.26 Å². The lowest BCUT2D eigenvalue weighted by molar-refractivity contribution is -0.119. The van der Waals surface area contributed by atoms with Crippen LogP contribution in [0.15, 0.2) is 24.3 Å². The van der Waals surface area contributed by atoms with Gasteiger partial charge in [0, 0.05) is 0 Å². The largest absolute Gasteiger partial charge is 0.299 e. The van der Waals surface area contributed by atoms with E-state index in [4.69, 9.17) is 0 Å². The summed E-state index contributed by atoms with van der Waals surface area (Å²) in [5, 5.41) is 0. The van der Waals surface area contributed by atoms with Crippen molar-refractivity contribution in [3.05, 3.63) is 35.6 Å². The number of benzene rings is 1. The molecule has 0 heterocycles. The first-order chi connectivity index (χ1) is 7.79. The van der Waals surface area contributed by atoms with E-state index in [1.54, 1.807) is 0 Å². The second kappa shape index (κ2) is 5.37. The number of hydrogen-bond donors (Lipinski definition) is 0. The quantitative estimate of drug-likeness (QED) is 0.752. The van der Waals surface area contributed by atoms with Gasteiger partial charge in [-0.25, -0.2) is 4.39 Å². The van der Waals surface area contributed by atoms with Gasteiger partial charge in [0.05, 0.1) is 18.8 Å². The van der Waals surface area contributed by atoms with Crippen LogP contribution in [0.1, 0.15) is 18.4 Å². The maximum atomic E-state index is 12.7. The minimum atomic E-state index is -3.60. The molecular formula is C11H13FO4S. The normalized spacial score (nSPS) is 13.4. The molecule has 0 fully saturated rings. The van der Waals surface area contributed by atoms with Crippen molar-refractivity contribution in [1.29, 1.82) is 0 Å². The molecule has 1 unspecified atom stereocenters. The molecule has 94 valence electrons. The molecule has 17 heavy (non-hydrogen) atoms. The molecule has 6 heteroatoms. The molecule has 0 saturated heterocycles. The Morgan fingerprint density at radius 3 is 2.29 bits per heavy atom. The minimum absolute atomic E-state index is 0.236. The van der Waals surface area contributed by atoms with Crippen molar-refractivity contribution in [3.63, 3.8) is 0 Å². The summed E-state index contributed by atoms with van der Waals surface area (Å²) in [4.78, 5) is 11.4. The highest BCUT2D eigenvalue weighted by Crippen LogP contribution is 2.18. The van der Waals surface area contributed by atoms with Gasteiger partial charge in [-0.1, -0.05) is 12.1 Å². The number of Topliss-reactive ketones (excluding diaryl/α,β-unsaturated/α-hetero) is 1. The predicted octanol–water partition coefficient (Wildman–Crippen LogP) is 1.47. The SMILES string of the molecule is CC(=O)C(COS(C)(=O)=O)c1ccc(F)cc1. The summed E-state index contributed by atoms with van der Waals surface area (Å²) in [6.07, 6.45) is 0.912. The smallest absolute Gasteiger partial charge is 0.264 e. The van der Waals surface area contributed by atoms with Gasteiger partial charge in [-0.3, -0.25) is 8.98 Å². The van der Waals surface area contributed by atoms with E-state index in [2.05, 4.69) is 4.18 Å². The fourth-order valence-electron chi connectivity index (χ4n) is 1.34. The number of halogens is 1. The van der Waals surface area contributed by atoms with Crippen molar-refractivity contribution in [3.8, 4) is 0 Å².